The van der Waals surface area contributed by atoms with Crippen molar-refractivity contribution in [1.29, 1.82) is 5.26 Å². The Labute approximate surface area is 249 Å². The van der Waals surface area contributed by atoms with E-state index >= 15 is 4.39 Å². The molecule has 2 fully saturated rings. The van der Waals surface area contributed by atoms with Crippen molar-refractivity contribution >= 4 is 16.8 Å². The maximum absolute atomic E-state index is 15.9. The van der Waals surface area contributed by atoms with Gasteiger partial charge in [-0.25, -0.2) is 8.78 Å². The van der Waals surface area contributed by atoms with Crippen LogP contribution in [0, 0.1) is 23.0 Å². The average Bonchev–Trinajstić information content (AvgIpc) is 3.52. The maximum atomic E-state index is 15.9. The lowest BCUT2D eigenvalue weighted by Gasteiger charge is -2.38. The van der Waals surface area contributed by atoms with E-state index in [0.717, 1.165) is 25.7 Å². The van der Waals surface area contributed by atoms with Crippen molar-refractivity contribution in [3.63, 3.8) is 0 Å². The molecule has 2 aliphatic rings. The van der Waals surface area contributed by atoms with Gasteiger partial charge in [-0.2, -0.15) is 10.4 Å². The first-order valence-electron chi connectivity index (χ1n) is 14.9. The van der Waals surface area contributed by atoms with Gasteiger partial charge in [0.2, 0.25) is 0 Å². The third kappa shape index (κ3) is 5.19. The highest BCUT2D eigenvalue weighted by molar-refractivity contribution is 5.99. The molecule has 43 heavy (non-hydrogen) atoms. The van der Waals surface area contributed by atoms with Crippen molar-refractivity contribution in [1.82, 2.24) is 14.7 Å². The monoisotopic (exact) mass is 583 g/mol. The van der Waals surface area contributed by atoms with Crippen LogP contribution < -0.4 is 5.73 Å². The Balaban J connectivity index is 1.45. The molecule has 7 nitrogen and oxygen atoms in total. The van der Waals surface area contributed by atoms with Crippen LogP contribution in [0.15, 0.2) is 54.7 Å². The number of hydrogen-bond donors (Lipinski definition) is 2. The van der Waals surface area contributed by atoms with Crippen LogP contribution in [0.25, 0.3) is 33.2 Å². The van der Waals surface area contributed by atoms with Crippen LogP contribution in [0.4, 0.5) is 8.78 Å². The number of nitriles is 1. The van der Waals surface area contributed by atoms with E-state index in [1.165, 1.54) is 18.2 Å². The lowest BCUT2D eigenvalue weighted by Crippen LogP contribution is -2.50. The lowest BCUT2D eigenvalue weighted by atomic mass is 9.90. The predicted molar refractivity (Wildman–Crippen MR) is 161 cm³/mol. The van der Waals surface area contributed by atoms with Crippen molar-refractivity contribution in [3.05, 3.63) is 77.5 Å². The molecule has 0 saturated carbocycles. The Morgan fingerprint density at radius 2 is 1.74 bits per heavy atom. The molecule has 222 valence electrons. The van der Waals surface area contributed by atoms with Crippen LogP contribution in [-0.4, -0.2) is 49.4 Å². The molecule has 3 N–H and O–H groups in total. The van der Waals surface area contributed by atoms with Crippen molar-refractivity contribution < 1.29 is 18.7 Å². The van der Waals surface area contributed by atoms with Gasteiger partial charge in [-0.15, -0.1) is 0 Å². The molecule has 0 radical (unpaired) electrons. The van der Waals surface area contributed by atoms with Crippen molar-refractivity contribution in [2.45, 2.75) is 82.6 Å². The molecule has 2 aliphatic heterocycles. The van der Waals surface area contributed by atoms with Gasteiger partial charge in [0.15, 0.2) is 0 Å². The second-order valence-electron chi connectivity index (χ2n) is 12.0. The molecule has 2 bridgehead atoms. The molecule has 9 heteroatoms. The van der Waals surface area contributed by atoms with E-state index in [2.05, 4.69) is 5.10 Å². The zero-order valence-corrected chi connectivity index (χ0v) is 24.4. The molecule has 2 saturated heterocycles. The molecular weight excluding hydrogens is 548 g/mol. The van der Waals surface area contributed by atoms with Crippen molar-refractivity contribution in [2.24, 2.45) is 5.73 Å². The molecule has 4 aromatic rings. The Kier molecular flexibility index (Phi) is 7.53. The van der Waals surface area contributed by atoms with Crippen molar-refractivity contribution in [3.8, 4) is 28.3 Å². The Bertz CT molecular complexity index is 1740. The minimum atomic E-state index is -0.956. The number of piperidine rings is 1. The Hall–Kier alpha value is -4.13. The fourth-order valence-corrected chi connectivity index (χ4v) is 6.81. The minimum absolute atomic E-state index is 0.0844. The van der Waals surface area contributed by atoms with E-state index in [4.69, 9.17) is 5.73 Å². The number of carbonyl (C=O) groups is 1. The molecule has 0 spiro atoms. The average molecular weight is 584 g/mol. The summed E-state index contributed by atoms with van der Waals surface area (Å²) in [4.78, 5) is 15.8. The van der Waals surface area contributed by atoms with Crippen LogP contribution in [-0.2, 0) is 6.54 Å². The van der Waals surface area contributed by atoms with E-state index in [1.54, 1.807) is 41.2 Å². The summed E-state index contributed by atoms with van der Waals surface area (Å²) in [6.07, 6.45) is 6.08. The zero-order valence-electron chi connectivity index (χ0n) is 24.4. The number of nitrogens with two attached hydrogens (primary N) is 1. The number of carbonyl (C=O) groups excluding carboxylic acids is 1. The lowest BCUT2D eigenvalue weighted by molar-refractivity contribution is 0.0130. The first-order valence-corrected chi connectivity index (χ1v) is 14.9. The van der Waals surface area contributed by atoms with Crippen LogP contribution >= 0.6 is 0 Å². The summed E-state index contributed by atoms with van der Waals surface area (Å²) in [7, 11) is 0. The van der Waals surface area contributed by atoms with E-state index in [9.17, 15) is 19.6 Å². The molecule has 2 atom stereocenters. The molecule has 6 rings (SSSR count). The normalized spacial score (nSPS) is 20.0. The summed E-state index contributed by atoms with van der Waals surface area (Å²) in [5, 5.41) is 25.2. The van der Waals surface area contributed by atoms with E-state index in [1.807, 2.05) is 24.8 Å². The second-order valence-corrected chi connectivity index (χ2v) is 12.0. The van der Waals surface area contributed by atoms with Gasteiger partial charge in [-0.3, -0.25) is 9.48 Å². The summed E-state index contributed by atoms with van der Waals surface area (Å²) >= 11 is 0. The third-order valence-corrected chi connectivity index (χ3v) is 9.45. The van der Waals surface area contributed by atoms with Crippen molar-refractivity contribution in [2.75, 3.05) is 0 Å². The molecule has 1 amide bonds. The van der Waals surface area contributed by atoms with Gasteiger partial charge >= 0.3 is 0 Å². The number of halogens is 2. The van der Waals surface area contributed by atoms with Crippen LogP contribution in [0.2, 0.25) is 0 Å². The minimum Gasteiger partial charge on any atom is -0.388 e. The second kappa shape index (κ2) is 11.2. The van der Waals surface area contributed by atoms with E-state index in [0.29, 0.717) is 46.0 Å². The summed E-state index contributed by atoms with van der Waals surface area (Å²) in [6, 6.07) is 14.6. The first kappa shape index (κ1) is 29.0. The highest BCUT2D eigenvalue weighted by Crippen LogP contribution is 2.40. The first-order chi connectivity index (χ1) is 20.6. The molecular formula is C34H35F2N5O2. The fraction of sp³-hybridized carbons (Fsp3) is 0.382. The van der Waals surface area contributed by atoms with Gasteiger partial charge in [-0.05, 0) is 85.5 Å². The number of aliphatic hydroxyl groups is 1. The third-order valence-electron chi connectivity index (χ3n) is 9.45. The van der Waals surface area contributed by atoms with E-state index in [-0.39, 0.29) is 41.7 Å². The Morgan fingerprint density at radius 3 is 2.40 bits per heavy atom. The molecule has 3 heterocycles. The van der Waals surface area contributed by atoms with Gasteiger partial charge in [0.25, 0.3) is 5.91 Å². The highest BCUT2D eigenvalue weighted by Gasteiger charge is 2.42. The number of fused-ring (bicyclic) bond motifs is 3. The summed E-state index contributed by atoms with van der Waals surface area (Å²) in [6.45, 7) is 4.04. The van der Waals surface area contributed by atoms with Gasteiger partial charge in [-0.1, -0.05) is 26.0 Å². The van der Waals surface area contributed by atoms with E-state index < -0.39 is 17.2 Å². The molecule has 3 aromatic carbocycles. The standard InChI is InChI=1S/C34H35F2N5O2/c1-3-34(43,4-2)19-40-32-16-31(36)29(12-23(32)18-39-40)27-10-7-21(11-28(27)20-5-6-22(17-37)30(35)13-20)33(42)41-25-8-9-26(41)15-24(38)14-25/h5-7,10-13,16,18,24-26,43H,3-4,8-9,14-15,19,38H2,1-2H3. The number of nitrogens with zero attached hydrogens (tertiary/aromatic N) is 4. The quantitative estimate of drug-likeness (QED) is 0.271. The van der Waals surface area contributed by atoms with Gasteiger partial charge < -0.3 is 15.7 Å². The van der Waals surface area contributed by atoms with Gasteiger partial charge in [0.05, 0.1) is 29.4 Å². The zero-order chi connectivity index (χ0) is 30.5. The maximum Gasteiger partial charge on any atom is 0.254 e. The van der Waals surface area contributed by atoms with Crippen LogP contribution in [0.1, 0.15) is 68.3 Å². The summed E-state index contributed by atoms with van der Waals surface area (Å²) in [5.41, 5.74) is 7.82. The number of hydrogen-bond acceptors (Lipinski definition) is 5. The smallest absolute Gasteiger partial charge is 0.254 e. The molecule has 1 aromatic heterocycles. The van der Waals surface area contributed by atoms with Crippen LogP contribution in [0.3, 0.4) is 0 Å². The highest BCUT2D eigenvalue weighted by atomic mass is 19.1. The largest absolute Gasteiger partial charge is 0.388 e. The fourth-order valence-electron chi connectivity index (χ4n) is 6.81. The number of rotatable bonds is 7. The topological polar surface area (TPSA) is 108 Å². The number of aromatic nitrogens is 2. The predicted octanol–water partition coefficient (Wildman–Crippen LogP) is 6.17. The number of benzene rings is 3. The summed E-state index contributed by atoms with van der Waals surface area (Å²) in [5.74, 6) is -1.32. The Morgan fingerprint density at radius 1 is 1.02 bits per heavy atom. The number of amides is 1. The van der Waals surface area contributed by atoms with Crippen LogP contribution in [0.5, 0.6) is 0 Å². The SMILES string of the molecule is CCC(O)(CC)Cn1ncc2cc(-c3ccc(C(=O)N4C5CCC4CC(N)C5)cc3-c3ccc(C#N)c(F)c3)c(F)cc21. The molecule has 0 aliphatic carbocycles. The van der Waals surface area contributed by atoms with Gasteiger partial charge in [0, 0.05) is 40.7 Å². The molecule has 2 unspecified atom stereocenters. The summed E-state index contributed by atoms with van der Waals surface area (Å²) < 4.78 is 32.4. The van der Waals surface area contributed by atoms with Gasteiger partial charge in [0.1, 0.15) is 17.7 Å².